The molecule has 0 aliphatic carbocycles. The molecule has 4 rings (SSSR count). The van der Waals surface area contributed by atoms with E-state index in [1.54, 1.807) is 23.8 Å². The van der Waals surface area contributed by atoms with Crippen molar-refractivity contribution in [3.63, 3.8) is 0 Å². The molecule has 120 valence electrons. The van der Waals surface area contributed by atoms with Crippen LogP contribution in [0.4, 0.5) is 5.82 Å². The fourth-order valence-electron chi connectivity index (χ4n) is 2.70. The van der Waals surface area contributed by atoms with Crippen LogP contribution in [0.25, 0.3) is 10.9 Å². The van der Waals surface area contributed by atoms with E-state index in [4.69, 9.17) is 4.52 Å². The highest BCUT2D eigenvalue weighted by atomic mass is 32.1. The van der Waals surface area contributed by atoms with Crippen LogP contribution in [-0.4, -0.2) is 15.2 Å². The lowest BCUT2D eigenvalue weighted by atomic mass is 10.0. The van der Waals surface area contributed by atoms with Crippen molar-refractivity contribution >= 4 is 28.1 Å². The Morgan fingerprint density at radius 2 is 2.12 bits per heavy atom. The largest absolute Gasteiger partial charge is 0.505 e. The number of phenolic OH excluding ortho intramolecular Hbond substituents is 1. The molecule has 0 saturated carbocycles. The highest BCUT2D eigenvalue weighted by Gasteiger charge is 2.22. The van der Waals surface area contributed by atoms with Crippen molar-refractivity contribution in [3.05, 3.63) is 70.2 Å². The minimum absolute atomic E-state index is 0.181. The highest BCUT2D eigenvalue weighted by Crippen LogP contribution is 2.38. The first-order chi connectivity index (χ1) is 11.7. The molecule has 6 heteroatoms. The van der Waals surface area contributed by atoms with Crippen molar-refractivity contribution < 1.29 is 9.63 Å². The van der Waals surface area contributed by atoms with E-state index in [1.165, 1.54) is 0 Å². The molecule has 1 aromatic carbocycles. The highest BCUT2D eigenvalue weighted by molar-refractivity contribution is 7.10. The minimum Gasteiger partial charge on any atom is -0.505 e. The Kier molecular flexibility index (Phi) is 3.66. The number of rotatable bonds is 4. The third-order valence-corrected chi connectivity index (χ3v) is 4.88. The van der Waals surface area contributed by atoms with Gasteiger partial charge in [-0.2, -0.15) is 0 Å². The van der Waals surface area contributed by atoms with Gasteiger partial charge in [0.2, 0.25) is 0 Å². The standard InChI is InChI=1S/C18H15N3O2S/c1-11-10-23-21-18(11)20-16(14-5-3-9-24-14)13-7-6-12-4-2-8-19-15(12)17(13)22/h2-10,16,22H,1H3,(H,20,21)/t16-/m0/s1. The second-order valence-corrected chi connectivity index (χ2v) is 6.50. The number of thiophene rings is 1. The first kappa shape index (κ1) is 14.7. The van der Waals surface area contributed by atoms with E-state index < -0.39 is 0 Å². The van der Waals surface area contributed by atoms with Gasteiger partial charge in [0.15, 0.2) is 5.82 Å². The van der Waals surface area contributed by atoms with E-state index in [9.17, 15) is 5.11 Å². The third kappa shape index (κ3) is 2.51. The van der Waals surface area contributed by atoms with Crippen molar-refractivity contribution in [3.8, 4) is 5.75 Å². The predicted octanol–water partition coefficient (Wildman–Crippen LogP) is 4.50. The lowest BCUT2D eigenvalue weighted by molar-refractivity contribution is 0.421. The molecule has 5 nitrogen and oxygen atoms in total. The van der Waals surface area contributed by atoms with Gasteiger partial charge in [-0.05, 0) is 24.4 Å². The van der Waals surface area contributed by atoms with Crippen molar-refractivity contribution in [2.75, 3.05) is 5.32 Å². The van der Waals surface area contributed by atoms with Gasteiger partial charge in [0.1, 0.15) is 17.5 Å². The summed E-state index contributed by atoms with van der Waals surface area (Å²) in [5, 5.41) is 21.1. The summed E-state index contributed by atoms with van der Waals surface area (Å²) in [4.78, 5) is 5.38. The molecule has 0 spiro atoms. The van der Waals surface area contributed by atoms with Gasteiger partial charge in [0, 0.05) is 27.6 Å². The summed E-state index contributed by atoms with van der Waals surface area (Å²) >= 11 is 1.62. The molecule has 0 amide bonds. The van der Waals surface area contributed by atoms with Gasteiger partial charge in [0.05, 0.1) is 6.04 Å². The maximum Gasteiger partial charge on any atom is 0.173 e. The Hall–Kier alpha value is -2.86. The number of pyridine rings is 1. The zero-order valence-corrected chi connectivity index (χ0v) is 13.7. The summed E-state index contributed by atoms with van der Waals surface area (Å²) in [5.41, 5.74) is 2.26. The number of hydrogen-bond donors (Lipinski definition) is 2. The maximum absolute atomic E-state index is 10.8. The average molecular weight is 337 g/mol. The minimum atomic E-state index is -0.236. The fourth-order valence-corrected chi connectivity index (χ4v) is 3.49. The predicted molar refractivity (Wildman–Crippen MR) is 94.4 cm³/mol. The van der Waals surface area contributed by atoms with E-state index in [0.29, 0.717) is 11.3 Å². The molecular formula is C18H15N3O2S. The maximum atomic E-state index is 10.8. The van der Waals surface area contributed by atoms with Crippen LogP contribution in [0.5, 0.6) is 5.75 Å². The first-order valence-electron chi connectivity index (χ1n) is 7.51. The van der Waals surface area contributed by atoms with Crippen LogP contribution in [0.2, 0.25) is 0 Å². The quantitative estimate of drug-likeness (QED) is 0.574. The molecule has 0 unspecified atom stereocenters. The number of anilines is 1. The lowest BCUT2D eigenvalue weighted by Crippen LogP contribution is -2.12. The van der Waals surface area contributed by atoms with Gasteiger partial charge in [-0.15, -0.1) is 11.3 Å². The van der Waals surface area contributed by atoms with Crippen molar-refractivity contribution in [2.45, 2.75) is 13.0 Å². The summed E-state index contributed by atoms with van der Waals surface area (Å²) in [5.74, 6) is 0.842. The van der Waals surface area contributed by atoms with Gasteiger partial charge in [0.25, 0.3) is 0 Å². The van der Waals surface area contributed by atoms with Crippen molar-refractivity contribution in [1.82, 2.24) is 10.1 Å². The number of benzene rings is 1. The molecule has 0 saturated heterocycles. The molecule has 4 aromatic rings. The van der Waals surface area contributed by atoms with E-state index in [0.717, 1.165) is 21.4 Å². The lowest BCUT2D eigenvalue weighted by Gasteiger charge is -2.19. The van der Waals surface area contributed by atoms with E-state index in [1.807, 2.05) is 48.7 Å². The molecule has 3 heterocycles. The van der Waals surface area contributed by atoms with Crippen LogP contribution in [0, 0.1) is 6.92 Å². The second-order valence-electron chi connectivity index (χ2n) is 5.52. The zero-order valence-electron chi connectivity index (χ0n) is 12.9. The van der Waals surface area contributed by atoms with E-state index in [2.05, 4.69) is 15.5 Å². The molecular weight excluding hydrogens is 322 g/mol. The molecule has 0 fully saturated rings. The molecule has 0 aliphatic rings. The molecule has 24 heavy (non-hydrogen) atoms. The number of nitrogens with zero attached hydrogens (tertiary/aromatic N) is 2. The number of aryl methyl sites for hydroxylation is 1. The van der Waals surface area contributed by atoms with Crippen LogP contribution in [0.3, 0.4) is 0 Å². The Balaban J connectivity index is 1.85. The molecule has 0 aliphatic heterocycles. The van der Waals surface area contributed by atoms with Crippen molar-refractivity contribution in [1.29, 1.82) is 0 Å². The summed E-state index contributed by atoms with van der Waals surface area (Å²) < 4.78 is 5.02. The van der Waals surface area contributed by atoms with Crippen LogP contribution in [0.15, 0.2) is 58.8 Å². The monoisotopic (exact) mass is 337 g/mol. The van der Waals surface area contributed by atoms with Gasteiger partial charge in [-0.1, -0.05) is 29.4 Å². The van der Waals surface area contributed by atoms with Gasteiger partial charge in [-0.3, -0.25) is 4.98 Å². The van der Waals surface area contributed by atoms with Gasteiger partial charge in [-0.25, -0.2) is 0 Å². The first-order valence-corrected chi connectivity index (χ1v) is 8.39. The summed E-state index contributed by atoms with van der Waals surface area (Å²) in [6.45, 7) is 1.92. The number of hydrogen-bond acceptors (Lipinski definition) is 6. The molecule has 0 bridgehead atoms. The number of fused-ring (bicyclic) bond motifs is 1. The van der Waals surface area contributed by atoms with Crippen molar-refractivity contribution in [2.24, 2.45) is 0 Å². The van der Waals surface area contributed by atoms with Gasteiger partial charge < -0.3 is 14.9 Å². The van der Waals surface area contributed by atoms with Crippen LogP contribution in [-0.2, 0) is 0 Å². The topological polar surface area (TPSA) is 71.2 Å². The molecule has 2 N–H and O–H groups in total. The van der Waals surface area contributed by atoms with Crippen LogP contribution < -0.4 is 5.32 Å². The SMILES string of the molecule is Cc1conc1N[C@H](c1cccs1)c1ccc2cccnc2c1O. The normalized spacial score (nSPS) is 12.4. The smallest absolute Gasteiger partial charge is 0.173 e. The van der Waals surface area contributed by atoms with E-state index in [-0.39, 0.29) is 11.8 Å². The average Bonchev–Trinajstić information content (AvgIpc) is 3.26. The third-order valence-electron chi connectivity index (χ3n) is 3.95. The number of nitrogens with one attached hydrogen (secondary N) is 1. The Morgan fingerprint density at radius 1 is 1.21 bits per heavy atom. The fraction of sp³-hybridized carbons (Fsp3) is 0.111. The summed E-state index contributed by atoms with van der Waals surface area (Å²) in [7, 11) is 0. The van der Waals surface area contributed by atoms with Crippen LogP contribution in [0.1, 0.15) is 22.0 Å². The summed E-state index contributed by atoms with van der Waals surface area (Å²) in [6, 6.07) is 11.5. The molecule has 0 radical (unpaired) electrons. The summed E-state index contributed by atoms with van der Waals surface area (Å²) in [6.07, 6.45) is 3.27. The second kappa shape index (κ2) is 5.98. The van der Waals surface area contributed by atoms with Crippen LogP contribution >= 0.6 is 11.3 Å². The number of aromatic nitrogens is 2. The Labute approximate surface area is 142 Å². The Morgan fingerprint density at radius 3 is 2.88 bits per heavy atom. The van der Waals surface area contributed by atoms with E-state index >= 15 is 0 Å². The number of phenols is 1. The molecule has 1 atom stereocenters. The molecule has 3 aromatic heterocycles. The number of aromatic hydroxyl groups is 1. The Bertz CT molecular complexity index is 979. The zero-order chi connectivity index (χ0) is 16.5. The van der Waals surface area contributed by atoms with Gasteiger partial charge >= 0.3 is 0 Å².